The van der Waals surface area contributed by atoms with Gasteiger partial charge in [0.25, 0.3) is 5.91 Å². The number of fused-ring (bicyclic) bond motifs is 3. The van der Waals surface area contributed by atoms with Crippen LogP contribution in [0.5, 0.6) is 5.75 Å². The van der Waals surface area contributed by atoms with Crippen LogP contribution in [0.2, 0.25) is 0 Å². The van der Waals surface area contributed by atoms with Crippen molar-refractivity contribution < 1.29 is 19.1 Å². The number of aliphatic hydroxyl groups excluding tert-OH is 1. The van der Waals surface area contributed by atoms with Crippen molar-refractivity contribution in [3.63, 3.8) is 0 Å². The SMILES string of the molecule is O=C(NC(=S)c1ccccc1)c1cc2c(oc1=O)-c1cc(Br)ccc1OC2O. The second-order valence-electron chi connectivity index (χ2n) is 5.99. The fourth-order valence-electron chi connectivity index (χ4n) is 2.84. The normalized spacial score (nSPS) is 14.4. The van der Waals surface area contributed by atoms with Gasteiger partial charge in [0.15, 0.2) is 5.76 Å². The zero-order valence-corrected chi connectivity index (χ0v) is 16.5. The first-order chi connectivity index (χ1) is 13.4. The maximum absolute atomic E-state index is 12.6. The lowest BCUT2D eigenvalue weighted by Crippen LogP contribution is -2.33. The molecule has 0 saturated heterocycles. The van der Waals surface area contributed by atoms with Crippen LogP contribution in [0, 0.1) is 0 Å². The number of amides is 1. The van der Waals surface area contributed by atoms with Gasteiger partial charge in [-0.25, -0.2) is 4.79 Å². The summed E-state index contributed by atoms with van der Waals surface area (Å²) in [7, 11) is 0. The average molecular weight is 458 g/mol. The molecule has 28 heavy (non-hydrogen) atoms. The number of thiocarbonyl (C=S) groups is 1. The van der Waals surface area contributed by atoms with Crippen LogP contribution in [0.4, 0.5) is 0 Å². The molecule has 8 heteroatoms. The van der Waals surface area contributed by atoms with Crippen LogP contribution in [0.1, 0.15) is 27.8 Å². The Morgan fingerprint density at radius 3 is 2.64 bits per heavy atom. The Morgan fingerprint density at radius 1 is 1.14 bits per heavy atom. The smallest absolute Gasteiger partial charge is 0.349 e. The predicted molar refractivity (Wildman–Crippen MR) is 109 cm³/mol. The Labute approximate surface area is 172 Å². The third-order valence-electron chi connectivity index (χ3n) is 4.18. The number of carbonyl (C=O) groups is 1. The van der Waals surface area contributed by atoms with Crippen molar-refractivity contribution in [3.8, 4) is 17.1 Å². The standard InChI is InChI=1S/C20H12BrNO5S/c21-11-6-7-15-12(8-11)16-13(19(24)26-15)9-14(20(25)27-16)17(23)22-18(28)10-4-2-1-3-5-10/h1-9,19,24H,(H,22,23,28). The van der Waals surface area contributed by atoms with Gasteiger partial charge in [-0.2, -0.15) is 0 Å². The van der Waals surface area contributed by atoms with Crippen LogP contribution in [0.25, 0.3) is 11.3 Å². The number of hydrogen-bond acceptors (Lipinski definition) is 6. The van der Waals surface area contributed by atoms with E-state index in [0.717, 1.165) is 4.47 Å². The van der Waals surface area contributed by atoms with E-state index in [1.54, 1.807) is 42.5 Å². The van der Waals surface area contributed by atoms with Crippen LogP contribution < -0.4 is 15.7 Å². The molecular weight excluding hydrogens is 446 g/mol. The van der Waals surface area contributed by atoms with Crippen LogP contribution in [0.3, 0.4) is 0 Å². The summed E-state index contributed by atoms with van der Waals surface area (Å²) >= 11 is 8.55. The summed E-state index contributed by atoms with van der Waals surface area (Å²) in [4.78, 5) is 25.2. The number of carbonyl (C=O) groups excluding carboxylic acids is 1. The molecule has 0 fully saturated rings. The van der Waals surface area contributed by atoms with Crippen LogP contribution in [0.15, 0.2) is 68.3 Å². The highest BCUT2D eigenvalue weighted by Crippen LogP contribution is 2.42. The van der Waals surface area contributed by atoms with Gasteiger partial charge in [0.1, 0.15) is 16.3 Å². The summed E-state index contributed by atoms with van der Waals surface area (Å²) in [5.74, 6) is -0.200. The van der Waals surface area contributed by atoms with E-state index in [1.807, 2.05) is 6.07 Å². The molecule has 1 aromatic heterocycles. The highest BCUT2D eigenvalue weighted by molar-refractivity contribution is 9.10. The van der Waals surface area contributed by atoms with E-state index in [9.17, 15) is 14.7 Å². The minimum absolute atomic E-state index is 0.155. The molecule has 1 aliphatic heterocycles. The van der Waals surface area contributed by atoms with Gasteiger partial charge < -0.3 is 19.6 Å². The van der Waals surface area contributed by atoms with Gasteiger partial charge in [-0.15, -0.1) is 0 Å². The molecule has 0 bridgehead atoms. The second-order valence-corrected chi connectivity index (χ2v) is 7.32. The van der Waals surface area contributed by atoms with Gasteiger partial charge in [-0.3, -0.25) is 4.79 Å². The summed E-state index contributed by atoms with van der Waals surface area (Å²) in [5, 5.41) is 12.8. The molecule has 2 heterocycles. The fourth-order valence-corrected chi connectivity index (χ4v) is 3.43. The van der Waals surface area contributed by atoms with E-state index < -0.39 is 17.8 Å². The Bertz CT molecular complexity index is 1160. The number of ether oxygens (including phenoxy) is 1. The van der Waals surface area contributed by atoms with E-state index in [1.165, 1.54) is 6.07 Å². The summed E-state index contributed by atoms with van der Waals surface area (Å²) in [6, 6.07) is 15.2. The van der Waals surface area contributed by atoms with Gasteiger partial charge in [-0.1, -0.05) is 58.5 Å². The summed E-state index contributed by atoms with van der Waals surface area (Å²) in [6.45, 7) is 0. The van der Waals surface area contributed by atoms with E-state index >= 15 is 0 Å². The molecule has 4 rings (SSSR count). The van der Waals surface area contributed by atoms with Gasteiger partial charge in [0, 0.05) is 10.0 Å². The van der Waals surface area contributed by atoms with Gasteiger partial charge in [-0.05, 0) is 24.3 Å². The highest BCUT2D eigenvalue weighted by atomic mass is 79.9. The molecule has 140 valence electrons. The van der Waals surface area contributed by atoms with Crippen molar-refractivity contribution in [1.82, 2.24) is 5.32 Å². The molecule has 1 unspecified atom stereocenters. The largest absolute Gasteiger partial charge is 0.460 e. The minimum Gasteiger partial charge on any atom is -0.460 e. The lowest BCUT2D eigenvalue weighted by Gasteiger charge is -2.24. The Kier molecular flexibility index (Phi) is 4.84. The third kappa shape index (κ3) is 3.37. The molecule has 2 N–H and O–H groups in total. The summed E-state index contributed by atoms with van der Waals surface area (Å²) in [5.41, 5.74) is 0.195. The molecule has 0 aliphatic carbocycles. The van der Waals surface area contributed by atoms with E-state index in [2.05, 4.69) is 21.2 Å². The zero-order chi connectivity index (χ0) is 19.8. The van der Waals surface area contributed by atoms with Gasteiger partial charge in [0.05, 0.1) is 11.1 Å². The van der Waals surface area contributed by atoms with E-state index in [-0.39, 0.29) is 21.9 Å². The lowest BCUT2D eigenvalue weighted by molar-refractivity contribution is -0.0232. The maximum Gasteiger partial charge on any atom is 0.349 e. The zero-order valence-electron chi connectivity index (χ0n) is 14.1. The van der Waals surface area contributed by atoms with Gasteiger partial charge in [0.2, 0.25) is 6.29 Å². The van der Waals surface area contributed by atoms with E-state index in [0.29, 0.717) is 16.9 Å². The van der Waals surface area contributed by atoms with E-state index in [4.69, 9.17) is 21.4 Å². The second kappa shape index (κ2) is 7.31. The molecule has 1 atom stereocenters. The van der Waals surface area contributed by atoms with Crippen molar-refractivity contribution in [3.05, 3.63) is 86.2 Å². The van der Waals surface area contributed by atoms with Crippen LogP contribution >= 0.6 is 28.1 Å². The number of hydrogen-bond donors (Lipinski definition) is 2. The molecule has 3 aromatic rings. The topological polar surface area (TPSA) is 88.8 Å². The van der Waals surface area contributed by atoms with Gasteiger partial charge >= 0.3 is 5.63 Å². The molecule has 0 spiro atoms. The predicted octanol–water partition coefficient (Wildman–Crippen LogP) is 3.56. The first kappa shape index (κ1) is 18.5. The molecule has 1 amide bonds. The Morgan fingerprint density at radius 2 is 1.89 bits per heavy atom. The van der Waals surface area contributed by atoms with Crippen molar-refractivity contribution in [2.24, 2.45) is 0 Å². The minimum atomic E-state index is -1.37. The average Bonchev–Trinajstić information content (AvgIpc) is 2.69. The number of halogens is 1. The molecular formula is C20H12BrNO5S. The molecule has 6 nitrogen and oxygen atoms in total. The molecule has 2 aromatic carbocycles. The number of nitrogens with one attached hydrogen (secondary N) is 1. The maximum atomic E-state index is 12.6. The third-order valence-corrected chi connectivity index (χ3v) is 5.01. The lowest BCUT2D eigenvalue weighted by atomic mass is 10.0. The van der Waals surface area contributed by atoms with Crippen LogP contribution in [-0.2, 0) is 0 Å². The number of aliphatic hydroxyl groups is 1. The summed E-state index contributed by atoms with van der Waals surface area (Å²) in [6.07, 6.45) is -1.37. The van der Waals surface area contributed by atoms with Crippen molar-refractivity contribution in [1.29, 1.82) is 0 Å². The molecule has 1 aliphatic rings. The Balaban J connectivity index is 1.71. The fraction of sp³-hybridized carbons (Fsp3) is 0.0500. The molecule has 0 radical (unpaired) electrons. The highest BCUT2D eigenvalue weighted by Gasteiger charge is 2.30. The first-order valence-corrected chi connectivity index (χ1v) is 9.37. The Hall–Kier alpha value is -2.81. The quantitative estimate of drug-likeness (QED) is 0.571. The van der Waals surface area contributed by atoms with Crippen LogP contribution in [-0.4, -0.2) is 16.0 Å². The number of rotatable bonds is 2. The van der Waals surface area contributed by atoms with Crippen molar-refractivity contribution in [2.45, 2.75) is 6.29 Å². The first-order valence-electron chi connectivity index (χ1n) is 8.17. The van der Waals surface area contributed by atoms with Crippen molar-refractivity contribution >= 4 is 39.0 Å². The monoisotopic (exact) mass is 457 g/mol. The summed E-state index contributed by atoms with van der Waals surface area (Å²) < 4.78 is 11.6. The number of benzene rings is 2. The van der Waals surface area contributed by atoms with Crippen molar-refractivity contribution in [2.75, 3.05) is 0 Å². The molecule has 0 saturated carbocycles.